The van der Waals surface area contributed by atoms with Crippen molar-refractivity contribution in [3.63, 3.8) is 0 Å². The van der Waals surface area contributed by atoms with Crippen LogP contribution in [0, 0.1) is 0 Å². The topological polar surface area (TPSA) is 85.4 Å². The van der Waals surface area contributed by atoms with E-state index in [1.165, 1.54) is 11.8 Å². The smallest absolute Gasteiger partial charge is 0.374 e. The van der Waals surface area contributed by atoms with Gasteiger partial charge in [-0.3, -0.25) is 4.40 Å². The summed E-state index contributed by atoms with van der Waals surface area (Å²) < 4.78 is 12.9. The number of nitrogens with zero attached hydrogens (tertiary/aromatic N) is 3. The fraction of sp³-hybridized carbons (Fsp3) is 0.150. The standard InChI is InChI=1S/C20H16N4O3S/c1-2-26-18(25)17-13(12-7-3-6-10-16(12)27-17)11-28-20-23-22-19-21-14-8-4-5-9-15(14)24(19)20/h3-10H,2,11H2,1H3,(H,21,22). The van der Waals surface area contributed by atoms with E-state index in [9.17, 15) is 4.79 Å². The summed E-state index contributed by atoms with van der Waals surface area (Å²) in [6, 6.07) is 15.5. The number of para-hydroxylation sites is 3. The van der Waals surface area contributed by atoms with Crippen LogP contribution in [0.5, 0.6) is 0 Å². The first kappa shape index (κ1) is 16.9. The Kier molecular flexibility index (Phi) is 4.05. The second-order valence-electron chi connectivity index (χ2n) is 6.18. The molecule has 0 radical (unpaired) electrons. The van der Waals surface area contributed by atoms with Crippen LogP contribution in [0.15, 0.2) is 58.1 Å². The van der Waals surface area contributed by atoms with Crippen molar-refractivity contribution in [1.82, 2.24) is 19.6 Å². The normalized spacial score (nSPS) is 11.6. The molecule has 0 spiro atoms. The highest BCUT2D eigenvalue weighted by Gasteiger charge is 2.22. The molecular formula is C20H16N4O3S. The molecule has 7 nitrogen and oxygen atoms in total. The lowest BCUT2D eigenvalue weighted by molar-refractivity contribution is 0.0491. The molecule has 0 unspecified atom stereocenters. The van der Waals surface area contributed by atoms with Crippen molar-refractivity contribution < 1.29 is 13.9 Å². The molecule has 1 N–H and O–H groups in total. The summed E-state index contributed by atoms with van der Waals surface area (Å²) in [4.78, 5) is 16.9. The van der Waals surface area contributed by atoms with Crippen molar-refractivity contribution >= 4 is 45.5 Å². The molecule has 0 aliphatic rings. The number of aromatic amines is 1. The number of furan rings is 1. The lowest BCUT2D eigenvalue weighted by Crippen LogP contribution is -2.05. The number of hydrogen-bond donors (Lipinski definition) is 1. The number of imidazole rings is 1. The van der Waals surface area contributed by atoms with E-state index in [-0.39, 0.29) is 5.76 Å². The maximum atomic E-state index is 12.4. The van der Waals surface area contributed by atoms with Crippen molar-refractivity contribution in [2.75, 3.05) is 6.61 Å². The summed E-state index contributed by atoms with van der Waals surface area (Å²) in [7, 11) is 0. The van der Waals surface area contributed by atoms with Crippen molar-refractivity contribution in [2.24, 2.45) is 0 Å². The summed E-state index contributed by atoms with van der Waals surface area (Å²) in [6.45, 7) is 2.07. The largest absolute Gasteiger partial charge is 0.460 e. The number of fused-ring (bicyclic) bond motifs is 4. The molecule has 0 atom stereocenters. The van der Waals surface area contributed by atoms with Crippen molar-refractivity contribution in [3.05, 3.63) is 59.9 Å². The van der Waals surface area contributed by atoms with E-state index < -0.39 is 5.97 Å². The maximum absolute atomic E-state index is 12.4. The van der Waals surface area contributed by atoms with Gasteiger partial charge in [0, 0.05) is 16.7 Å². The zero-order valence-corrected chi connectivity index (χ0v) is 15.8. The lowest BCUT2D eigenvalue weighted by Gasteiger charge is -2.03. The molecule has 0 saturated heterocycles. The van der Waals surface area contributed by atoms with Gasteiger partial charge in [-0.05, 0) is 25.1 Å². The van der Waals surface area contributed by atoms with Crippen LogP contribution in [0.2, 0.25) is 0 Å². The number of nitrogens with one attached hydrogen (secondary N) is 1. The van der Waals surface area contributed by atoms with Crippen LogP contribution in [0.1, 0.15) is 23.0 Å². The van der Waals surface area contributed by atoms with Gasteiger partial charge in [-0.2, -0.15) is 0 Å². The number of carbonyl (C=O) groups is 1. The third-order valence-electron chi connectivity index (χ3n) is 4.51. The molecule has 0 aliphatic heterocycles. The van der Waals surface area contributed by atoms with Crippen LogP contribution in [0.3, 0.4) is 0 Å². The van der Waals surface area contributed by atoms with E-state index in [4.69, 9.17) is 9.15 Å². The highest BCUT2D eigenvalue weighted by atomic mass is 32.2. The fourth-order valence-corrected chi connectivity index (χ4v) is 4.26. The first-order valence-corrected chi connectivity index (χ1v) is 9.86. The molecule has 2 aromatic carbocycles. The van der Waals surface area contributed by atoms with Crippen LogP contribution in [-0.4, -0.2) is 32.2 Å². The van der Waals surface area contributed by atoms with E-state index in [0.717, 1.165) is 27.1 Å². The molecule has 8 heteroatoms. The van der Waals surface area contributed by atoms with Crippen LogP contribution >= 0.6 is 11.8 Å². The molecule has 5 aromatic rings. The molecule has 5 rings (SSSR count). The number of esters is 1. The van der Waals surface area contributed by atoms with Gasteiger partial charge in [-0.1, -0.05) is 42.1 Å². The van der Waals surface area contributed by atoms with Crippen LogP contribution in [0.4, 0.5) is 0 Å². The fourth-order valence-electron chi connectivity index (χ4n) is 3.28. The van der Waals surface area contributed by atoms with Gasteiger partial charge >= 0.3 is 5.97 Å². The van der Waals surface area contributed by atoms with Crippen molar-refractivity contribution in [1.29, 1.82) is 0 Å². The van der Waals surface area contributed by atoms with Gasteiger partial charge in [0.25, 0.3) is 0 Å². The monoisotopic (exact) mass is 392 g/mol. The maximum Gasteiger partial charge on any atom is 0.374 e. The lowest BCUT2D eigenvalue weighted by atomic mass is 10.1. The summed E-state index contributed by atoms with van der Waals surface area (Å²) >= 11 is 1.51. The number of aromatic nitrogens is 4. The second kappa shape index (κ2) is 6.72. The minimum absolute atomic E-state index is 0.248. The molecule has 0 amide bonds. The average Bonchev–Trinajstić information content (AvgIpc) is 3.38. The number of carbonyl (C=O) groups excluding carboxylic acids is 1. The predicted molar refractivity (Wildman–Crippen MR) is 107 cm³/mol. The van der Waals surface area contributed by atoms with Crippen molar-refractivity contribution in [3.8, 4) is 0 Å². The average molecular weight is 392 g/mol. The highest BCUT2D eigenvalue weighted by molar-refractivity contribution is 7.98. The zero-order valence-electron chi connectivity index (χ0n) is 15.0. The van der Waals surface area contributed by atoms with Gasteiger partial charge in [0.2, 0.25) is 11.5 Å². The summed E-state index contributed by atoms with van der Waals surface area (Å²) in [5.41, 5.74) is 3.36. The van der Waals surface area contributed by atoms with Gasteiger partial charge < -0.3 is 9.15 Å². The summed E-state index contributed by atoms with van der Waals surface area (Å²) in [5.74, 6) is 0.996. The Labute approximate surface area is 163 Å². The van der Waals surface area contributed by atoms with E-state index in [0.29, 0.717) is 23.7 Å². The number of rotatable bonds is 5. The van der Waals surface area contributed by atoms with Crippen LogP contribution in [0.25, 0.3) is 27.8 Å². The summed E-state index contributed by atoms with van der Waals surface area (Å²) in [6.07, 6.45) is 0. The number of thioether (sulfide) groups is 1. The van der Waals surface area contributed by atoms with E-state index in [2.05, 4.69) is 15.2 Å². The van der Waals surface area contributed by atoms with Crippen LogP contribution in [-0.2, 0) is 10.5 Å². The van der Waals surface area contributed by atoms with Gasteiger partial charge in [-0.25, -0.2) is 14.9 Å². The Balaban J connectivity index is 1.55. The molecule has 0 fully saturated rings. The van der Waals surface area contributed by atoms with E-state index in [1.807, 2.05) is 52.9 Å². The Morgan fingerprint density at radius 3 is 2.93 bits per heavy atom. The summed E-state index contributed by atoms with van der Waals surface area (Å²) in [5, 5.41) is 9.03. The molecular weight excluding hydrogens is 376 g/mol. The number of hydrogen-bond acceptors (Lipinski definition) is 6. The Bertz CT molecular complexity index is 1320. The first-order chi connectivity index (χ1) is 13.8. The van der Waals surface area contributed by atoms with Gasteiger partial charge in [0.1, 0.15) is 5.58 Å². The van der Waals surface area contributed by atoms with Gasteiger partial charge in [0.05, 0.1) is 17.6 Å². The van der Waals surface area contributed by atoms with E-state index >= 15 is 0 Å². The molecule has 0 aliphatic carbocycles. The Hall–Kier alpha value is -3.26. The number of H-pyrrole nitrogens is 1. The molecule has 0 bridgehead atoms. The second-order valence-corrected chi connectivity index (χ2v) is 7.12. The van der Waals surface area contributed by atoms with E-state index in [1.54, 1.807) is 6.92 Å². The molecule has 3 aromatic heterocycles. The molecule has 0 saturated carbocycles. The quantitative estimate of drug-likeness (QED) is 0.352. The minimum Gasteiger partial charge on any atom is -0.460 e. The third-order valence-corrected chi connectivity index (χ3v) is 5.47. The van der Waals surface area contributed by atoms with Gasteiger partial charge in [0.15, 0.2) is 5.16 Å². The predicted octanol–water partition coefficient (Wildman–Crippen LogP) is 4.43. The zero-order chi connectivity index (χ0) is 19.1. The Morgan fingerprint density at radius 1 is 1.21 bits per heavy atom. The highest BCUT2D eigenvalue weighted by Crippen LogP contribution is 2.33. The minimum atomic E-state index is -0.449. The molecule has 28 heavy (non-hydrogen) atoms. The Morgan fingerprint density at radius 2 is 2.04 bits per heavy atom. The third kappa shape index (κ3) is 2.65. The molecule has 140 valence electrons. The molecule has 3 heterocycles. The number of benzene rings is 2. The van der Waals surface area contributed by atoms with Crippen molar-refractivity contribution in [2.45, 2.75) is 17.8 Å². The van der Waals surface area contributed by atoms with Gasteiger partial charge in [-0.15, -0.1) is 5.10 Å². The number of ether oxygens (including phenoxy) is 1. The first-order valence-electron chi connectivity index (χ1n) is 8.88. The van der Waals surface area contributed by atoms with Crippen LogP contribution < -0.4 is 0 Å². The SMILES string of the molecule is CCOC(=O)c1oc2ccccc2c1CSc1n[nH]c2nc3ccccc3n12.